The maximum atomic E-state index is 11.6. The van der Waals surface area contributed by atoms with Gasteiger partial charge in [-0.2, -0.15) is 11.3 Å². The van der Waals surface area contributed by atoms with Crippen molar-refractivity contribution in [2.24, 2.45) is 0 Å². The van der Waals surface area contributed by atoms with E-state index in [0.29, 0.717) is 10.0 Å². The van der Waals surface area contributed by atoms with Crippen molar-refractivity contribution in [3.8, 4) is 0 Å². The Labute approximate surface area is 124 Å². The fourth-order valence-corrected chi connectivity index (χ4v) is 3.33. The molecule has 20 heavy (non-hydrogen) atoms. The van der Waals surface area contributed by atoms with E-state index in [1.165, 1.54) is 25.4 Å². The van der Waals surface area contributed by atoms with Crippen LogP contribution in [0.4, 0.5) is 5.13 Å². The zero-order valence-corrected chi connectivity index (χ0v) is 12.9. The molecular weight excluding hydrogens is 296 g/mol. The monoisotopic (exact) mass is 310 g/mol. The van der Waals surface area contributed by atoms with Crippen LogP contribution in [-0.4, -0.2) is 23.8 Å². The molecule has 2 aromatic heterocycles. The molecule has 0 amide bonds. The number of nitrogens with one attached hydrogen (secondary N) is 1. The molecule has 0 aromatic carbocycles. The Balaban J connectivity index is 2.25. The Morgan fingerprint density at radius 2 is 2.20 bits per heavy atom. The summed E-state index contributed by atoms with van der Waals surface area (Å²) in [6.07, 6.45) is 0. The van der Waals surface area contributed by atoms with E-state index in [4.69, 9.17) is 0 Å². The van der Waals surface area contributed by atoms with E-state index in [1.54, 1.807) is 11.3 Å². The minimum atomic E-state index is -0.595. The van der Waals surface area contributed by atoms with Crippen molar-refractivity contribution < 1.29 is 14.3 Å². The highest BCUT2D eigenvalue weighted by Gasteiger charge is 2.22. The number of ketones is 1. The molecule has 106 valence electrons. The van der Waals surface area contributed by atoms with E-state index >= 15 is 0 Å². The van der Waals surface area contributed by atoms with Crippen LogP contribution in [0.2, 0.25) is 0 Å². The van der Waals surface area contributed by atoms with Crippen molar-refractivity contribution in [2.75, 3.05) is 12.4 Å². The second-order valence-corrected chi connectivity index (χ2v) is 5.95. The standard InChI is InChI=1S/C13H14N2O3S2/c1-7(9-4-5-19-6-9)14-13-15-10(12(17)18-3)11(20-13)8(2)16/h4-7H,1-3H3,(H,14,15). The number of carbonyl (C=O) groups is 2. The Bertz CT molecular complexity index is 620. The summed E-state index contributed by atoms with van der Waals surface area (Å²) in [7, 11) is 1.27. The quantitative estimate of drug-likeness (QED) is 0.677. The first-order valence-corrected chi connectivity index (χ1v) is 7.67. The molecule has 0 saturated carbocycles. The molecule has 1 unspecified atom stereocenters. The van der Waals surface area contributed by atoms with E-state index < -0.39 is 5.97 Å². The lowest BCUT2D eigenvalue weighted by molar-refractivity contribution is 0.0591. The molecular formula is C13H14N2O3S2. The normalized spacial score (nSPS) is 11.9. The average Bonchev–Trinajstić information content (AvgIpc) is 3.06. The molecule has 2 rings (SSSR count). The van der Waals surface area contributed by atoms with Crippen LogP contribution in [0.15, 0.2) is 16.8 Å². The van der Waals surface area contributed by atoms with Gasteiger partial charge < -0.3 is 10.1 Å². The van der Waals surface area contributed by atoms with Gasteiger partial charge in [0.1, 0.15) is 4.88 Å². The number of thiazole rings is 1. The molecule has 0 aliphatic heterocycles. The zero-order valence-electron chi connectivity index (χ0n) is 11.3. The topological polar surface area (TPSA) is 68.3 Å². The first kappa shape index (κ1) is 14.7. The Morgan fingerprint density at radius 3 is 2.75 bits per heavy atom. The Morgan fingerprint density at radius 1 is 1.45 bits per heavy atom. The van der Waals surface area contributed by atoms with Crippen LogP contribution in [0.5, 0.6) is 0 Å². The molecule has 1 atom stereocenters. The number of Topliss-reactive ketones (excluding diaryl/α,β-unsaturated/α-hetero) is 1. The van der Waals surface area contributed by atoms with Crippen LogP contribution in [0, 0.1) is 0 Å². The van der Waals surface area contributed by atoms with E-state index in [-0.39, 0.29) is 17.5 Å². The number of rotatable bonds is 5. The van der Waals surface area contributed by atoms with Crippen LogP contribution in [0.1, 0.15) is 45.6 Å². The molecule has 2 heterocycles. The summed E-state index contributed by atoms with van der Waals surface area (Å²) in [5.74, 6) is -0.790. The fraction of sp³-hybridized carbons (Fsp3) is 0.308. The third-order valence-electron chi connectivity index (χ3n) is 2.71. The number of esters is 1. The third-order valence-corrected chi connectivity index (χ3v) is 4.50. The smallest absolute Gasteiger partial charge is 0.358 e. The van der Waals surface area contributed by atoms with E-state index in [9.17, 15) is 9.59 Å². The molecule has 0 saturated heterocycles. The Kier molecular flexibility index (Phi) is 4.51. The predicted octanol–water partition coefficient (Wildman–Crippen LogP) is 3.37. The summed E-state index contributed by atoms with van der Waals surface area (Å²) >= 11 is 2.78. The number of thiophene rings is 1. The predicted molar refractivity (Wildman–Crippen MR) is 79.8 cm³/mol. The number of hydrogen-bond acceptors (Lipinski definition) is 7. The molecule has 0 aliphatic carbocycles. The highest BCUT2D eigenvalue weighted by Crippen LogP contribution is 2.28. The molecule has 0 fully saturated rings. The molecule has 0 bridgehead atoms. The van der Waals surface area contributed by atoms with Crippen LogP contribution >= 0.6 is 22.7 Å². The molecule has 5 nitrogen and oxygen atoms in total. The van der Waals surface area contributed by atoms with Gasteiger partial charge in [-0.05, 0) is 29.3 Å². The van der Waals surface area contributed by atoms with Crippen LogP contribution in [0.25, 0.3) is 0 Å². The van der Waals surface area contributed by atoms with Crippen LogP contribution in [-0.2, 0) is 4.74 Å². The second-order valence-electron chi connectivity index (χ2n) is 4.17. The number of hydrogen-bond donors (Lipinski definition) is 1. The molecule has 7 heteroatoms. The summed E-state index contributed by atoms with van der Waals surface area (Å²) in [4.78, 5) is 27.6. The van der Waals surface area contributed by atoms with Gasteiger partial charge in [-0.1, -0.05) is 11.3 Å². The average molecular weight is 310 g/mol. The zero-order chi connectivity index (χ0) is 14.7. The highest BCUT2D eigenvalue weighted by molar-refractivity contribution is 7.17. The number of nitrogens with zero attached hydrogens (tertiary/aromatic N) is 1. The molecule has 0 aliphatic rings. The molecule has 2 aromatic rings. The first-order chi connectivity index (χ1) is 9.52. The van der Waals surface area contributed by atoms with Crippen LogP contribution in [0.3, 0.4) is 0 Å². The maximum Gasteiger partial charge on any atom is 0.358 e. The second kappa shape index (κ2) is 6.15. The van der Waals surface area contributed by atoms with Gasteiger partial charge in [0.25, 0.3) is 0 Å². The maximum absolute atomic E-state index is 11.6. The van der Waals surface area contributed by atoms with Crippen molar-refractivity contribution in [2.45, 2.75) is 19.9 Å². The summed E-state index contributed by atoms with van der Waals surface area (Å²) in [6, 6.07) is 2.07. The van der Waals surface area contributed by atoms with E-state index in [1.807, 2.05) is 23.8 Å². The fourth-order valence-electron chi connectivity index (χ4n) is 1.65. The number of carbonyl (C=O) groups excluding carboxylic acids is 2. The molecule has 1 N–H and O–H groups in total. The number of aromatic nitrogens is 1. The number of ether oxygens (including phenoxy) is 1. The van der Waals surface area contributed by atoms with Gasteiger partial charge in [-0.15, -0.1) is 0 Å². The largest absolute Gasteiger partial charge is 0.464 e. The molecule has 0 spiro atoms. The van der Waals surface area contributed by atoms with Gasteiger partial charge in [0.2, 0.25) is 0 Å². The van der Waals surface area contributed by atoms with Gasteiger partial charge >= 0.3 is 5.97 Å². The number of anilines is 1. The lowest BCUT2D eigenvalue weighted by Gasteiger charge is -2.10. The minimum absolute atomic E-state index is 0.0534. The first-order valence-electron chi connectivity index (χ1n) is 5.91. The van der Waals surface area contributed by atoms with Crippen molar-refractivity contribution in [3.63, 3.8) is 0 Å². The van der Waals surface area contributed by atoms with Gasteiger partial charge in [-0.3, -0.25) is 4.79 Å². The van der Waals surface area contributed by atoms with Crippen molar-refractivity contribution in [1.82, 2.24) is 4.98 Å². The molecule has 0 radical (unpaired) electrons. The summed E-state index contributed by atoms with van der Waals surface area (Å²) < 4.78 is 4.64. The third kappa shape index (κ3) is 3.05. The van der Waals surface area contributed by atoms with E-state index in [2.05, 4.69) is 15.0 Å². The van der Waals surface area contributed by atoms with Crippen molar-refractivity contribution >= 4 is 39.6 Å². The van der Waals surface area contributed by atoms with E-state index in [0.717, 1.165) is 5.56 Å². The lowest BCUT2D eigenvalue weighted by Crippen LogP contribution is -2.08. The summed E-state index contributed by atoms with van der Waals surface area (Å²) in [6.45, 7) is 3.40. The minimum Gasteiger partial charge on any atom is -0.464 e. The number of methoxy groups -OCH3 is 1. The van der Waals surface area contributed by atoms with Gasteiger partial charge in [0.15, 0.2) is 16.6 Å². The Hall–Kier alpha value is -1.73. The highest BCUT2D eigenvalue weighted by atomic mass is 32.1. The van der Waals surface area contributed by atoms with Crippen molar-refractivity contribution in [1.29, 1.82) is 0 Å². The van der Waals surface area contributed by atoms with Gasteiger partial charge in [-0.25, -0.2) is 9.78 Å². The van der Waals surface area contributed by atoms with Crippen molar-refractivity contribution in [3.05, 3.63) is 33.0 Å². The van der Waals surface area contributed by atoms with Crippen LogP contribution < -0.4 is 5.32 Å². The lowest BCUT2D eigenvalue weighted by atomic mass is 10.2. The SMILES string of the molecule is COC(=O)c1nc(NC(C)c2ccsc2)sc1C(C)=O. The summed E-state index contributed by atoms with van der Waals surface area (Å²) in [5.41, 5.74) is 1.21. The van der Waals surface area contributed by atoms with Gasteiger partial charge in [0.05, 0.1) is 13.2 Å². The summed E-state index contributed by atoms with van der Waals surface area (Å²) in [5, 5.41) is 7.77. The van der Waals surface area contributed by atoms with Gasteiger partial charge in [0, 0.05) is 6.92 Å².